The van der Waals surface area contributed by atoms with Crippen LogP contribution in [-0.4, -0.2) is 18.5 Å². The number of halogens is 1. The summed E-state index contributed by atoms with van der Waals surface area (Å²) in [6.45, 7) is 4.77. The number of unbranched alkanes of at least 4 members (excludes halogenated alkanes) is 6. The average Bonchev–Trinajstić information content (AvgIpc) is 2.95. The third kappa shape index (κ3) is 4.94. The minimum atomic E-state index is 0. The Morgan fingerprint density at radius 2 is 1.83 bits per heavy atom. The third-order valence-corrected chi connectivity index (χ3v) is 6.04. The monoisotopic (exact) mass is 442 g/mol. The highest BCUT2D eigenvalue weighted by Crippen LogP contribution is 2.43. The van der Waals surface area contributed by atoms with Gasteiger partial charge in [-0.3, -0.25) is 4.90 Å². The van der Waals surface area contributed by atoms with Crippen molar-refractivity contribution in [2.24, 2.45) is 5.92 Å². The van der Waals surface area contributed by atoms with E-state index in [4.69, 9.17) is 0 Å². The first-order valence-corrected chi connectivity index (χ1v) is 10.0. The van der Waals surface area contributed by atoms with Gasteiger partial charge in [0.25, 0.3) is 0 Å². The van der Waals surface area contributed by atoms with E-state index in [1.165, 1.54) is 77.3 Å². The normalized spacial score (nSPS) is 22.8. The Morgan fingerprint density at radius 3 is 2.62 bits per heavy atom. The molecule has 1 fully saturated rings. The zero-order valence-electron chi connectivity index (χ0n) is 15.6. The summed E-state index contributed by atoms with van der Waals surface area (Å²) in [6, 6.07) is 3.10. The van der Waals surface area contributed by atoms with Crippen LogP contribution in [0.3, 0.4) is 0 Å². The van der Waals surface area contributed by atoms with Crippen molar-refractivity contribution in [3.05, 3.63) is 29.6 Å². The molecule has 2 atom stereocenters. The quantitative estimate of drug-likeness (QED) is 0.338. The summed E-state index contributed by atoms with van der Waals surface area (Å²) in [5, 5.41) is 0. The van der Waals surface area contributed by atoms with Crippen LogP contribution in [0.1, 0.15) is 81.9 Å². The summed E-state index contributed by atoms with van der Waals surface area (Å²) in [6.07, 6.45) is 18.6. The van der Waals surface area contributed by atoms with E-state index in [1.54, 1.807) is 11.1 Å². The summed E-state index contributed by atoms with van der Waals surface area (Å²) in [5.74, 6) is 0.905. The molecule has 0 saturated carbocycles. The molecule has 2 heterocycles. The molecule has 0 amide bonds. The molecule has 3 heteroatoms. The first kappa shape index (κ1) is 20.2. The van der Waals surface area contributed by atoms with Crippen molar-refractivity contribution in [2.75, 3.05) is 13.6 Å². The maximum atomic E-state index is 2.58. The summed E-state index contributed by atoms with van der Waals surface area (Å²) >= 11 is 0. The molecule has 3 rings (SSSR count). The lowest BCUT2D eigenvalue weighted by Crippen LogP contribution is -3.00. The van der Waals surface area contributed by atoms with Gasteiger partial charge in [-0.05, 0) is 50.8 Å². The lowest BCUT2D eigenvalue weighted by Gasteiger charge is -2.30. The Morgan fingerprint density at radius 1 is 1.08 bits per heavy atom. The summed E-state index contributed by atoms with van der Waals surface area (Å²) in [4.78, 5) is 2.58. The number of fused-ring (bicyclic) bond motifs is 3. The third-order valence-electron chi connectivity index (χ3n) is 6.04. The highest BCUT2D eigenvalue weighted by molar-refractivity contribution is 5.29. The molecule has 0 N–H and O–H groups in total. The summed E-state index contributed by atoms with van der Waals surface area (Å²) in [5.41, 5.74) is 3.24. The number of nitrogens with zero attached hydrogens (tertiary/aromatic N) is 2. The van der Waals surface area contributed by atoms with Crippen LogP contribution in [0.25, 0.3) is 0 Å². The van der Waals surface area contributed by atoms with Crippen molar-refractivity contribution >= 4 is 0 Å². The summed E-state index contributed by atoms with van der Waals surface area (Å²) in [7, 11) is 2.31. The molecule has 2 aliphatic rings. The van der Waals surface area contributed by atoms with Gasteiger partial charge in [0, 0.05) is 24.1 Å². The minimum absolute atomic E-state index is 0. The smallest absolute Gasteiger partial charge is 0.173 e. The largest absolute Gasteiger partial charge is 1.00 e. The zero-order valence-corrected chi connectivity index (χ0v) is 17.8. The molecule has 136 valence electrons. The van der Waals surface area contributed by atoms with Gasteiger partial charge in [0.05, 0.1) is 0 Å². The van der Waals surface area contributed by atoms with E-state index in [0.29, 0.717) is 6.04 Å². The topological polar surface area (TPSA) is 7.12 Å². The van der Waals surface area contributed by atoms with Gasteiger partial charge < -0.3 is 24.0 Å². The zero-order chi connectivity index (χ0) is 16.1. The van der Waals surface area contributed by atoms with Gasteiger partial charge in [-0.2, -0.15) is 0 Å². The van der Waals surface area contributed by atoms with Crippen LogP contribution in [-0.2, 0) is 13.0 Å². The van der Waals surface area contributed by atoms with Crippen molar-refractivity contribution in [3.63, 3.8) is 0 Å². The SMILES string of the molecule is CCCCCCCCC[n+]1ccc2c(c1)[C@@H]1[C@H](CC2)CCN1C.[I-]. The minimum Gasteiger partial charge on any atom is -1.00 e. The Balaban J connectivity index is 0.00000208. The van der Waals surface area contributed by atoms with Crippen molar-refractivity contribution in [2.45, 2.75) is 83.7 Å². The molecule has 0 bridgehead atoms. The van der Waals surface area contributed by atoms with E-state index in [9.17, 15) is 0 Å². The number of likely N-dealkylation sites (tertiary alicyclic amines) is 1. The Kier molecular flexibility index (Phi) is 8.48. The van der Waals surface area contributed by atoms with Gasteiger partial charge in [0.1, 0.15) is 6.54 Å². The van der Waals surface area contributed by atoms with Gasteiger partial charge in [-0.1, -0.05) is 39.0 Å². The Hall–Kier alpha value is -0.160. The molecule has 0 radical (unpaired) electrons. The van der Waals surface area contributed by atoms with Crippen LogP contribution in [0.2, 0.25) is 0 Å². The standard InChI is InChI=1S/C21H35N2.HI/c1-3-4-5-6-7-8-9-14-23-16-13-18-10-11-19-12-15-22(2)21(19)20(18)17-23;/h13,16-17,19,21H,3-12,14-15H2,1-2H3;1H/q+1;/p-1/t19-,21+;/m1./s1. The lowest BCUT2D eigenvalue weighted by molar-refractivity contribution is -0.698. The Labute approximate surface area is 166 Å². The second kappa shape index (κ2) is 10.1. The number of hydrogen-bond acceptors (Lipinski definition) is 1. The van der Waals surface area contributed by atoms with Gasteiger partial charge in [-0.15, -0.1) is 0 Å². The van der Waals surface area contributed by atoms with Gasteiger partial charge in [-0.25, -0.2) is 4.57 Å². The fourth-order valence-corrected chi connectivity index (χ4v) is 4.63. The molecule has 1 aliphatic carbocycles. The molecular weight excluding hydrogens is 407 g/mol. The molecule has 2 nitrogen and oxygen atoms in total. The second-order valence-electron chi connectivity index (χ2n) is 7.80. The van der Waals surface area contributed by atoms with Gasteiger partial charge in [0.2, 0.25) is 0 Å². The molecule has 24 heavy (non-hydrogen) atoms. The van der Waals surface area contributed by atoms with Crippen molar-refractivity contribution in [3.8, 4) is 0 Å². The predicted molar refractivity (Wildman–Crippen MR) is 96.4 cm³/mol. The molecule has 0 spiro atoms. The first-order chi connectivity index (χ1) is 11.3. The number of rotatable bonds is 8. The van der Waals surface area contributed by atoms with Crippen molar-refractivity contribution in [1.29, 1.82) is 0 Å². The van der Waals surface area contributed by atoms with E-state index >= 15 is 0 Å². The Bertz CT molecular complexity index is 503. The van der Waals surface area contributed by atoms with E-state index in [1.807, 2.05) is 0 Å². The summed E-state index contributed by atoms with van der Waals surface area (Å²) < 4.78 is 2.46. The molecule has 0 aromatic carbocycles. The van der Waals surface area contributed by atoms with E-state index < -0.39 is 0 Å². The van der Waals surface area contributed by atoms with Crippen LogP contribution in [0.5, 0.6) is 0 Å². The maximum Gasteiger partial charge on any atom is 0.173 e. The number of aryl methyl sites for hydroxylation is 2. The average molecular weight is 442 g/mol. The number of pyridine rings is 1. The highest BCUT2D eigenvalue weighted by atomic mass is 127. The molecule has 0 unspecified atom stereocenters. The van der Waals surface area contributed by atoms with Crippen LogP contribution >= 0.6 is 0 Å². The first-order valence-electron chi connectivity index (χ1n) is 10.0. The molecule has 1 aliphatic heterocycles. The molecule has 1 aromatic rings. The molecule has 1 saturated heterocycles. The van der Waals surface area contributed by atoms with Gasteiger partial charge >= 0.3 is 0 Å². The van der Waals surface area contributed by atoms with Crippen LogP contribution in [0.4, 0.5) is 0 Å². The lowest BCUT2D eigenvalue weighted by atomic mass is 9.81. The van der Waals surface area contributed by atoms with Crippen molar-refractivity contribution in [1.82, 2.24) is 4.90 Å². The fraction of sp³-hybridized carbons (Fsp3) is 0.762. The number of aromatic nitrogens is 1. The predicted octanol–water partition coefficient (Wildman–Crippen LogP) is 1.67. The number of hydrogen-bond donors (Lipinski definition) is 0. The van der Waals surface area contributed by atoms with E-state index in [-0.39, 0.29) is 24.0 Å². The highest BCUT2D eigenvalue weighted by Gasteiger charge is 2.38. The van der Waals surface area contributed by atoms with Gasteiger partial charge in [0.15, 0.2) is 12.4 Å². The van der Waals surface area contributed by atoms with Crippen LogP contribution in [0, 0.1) is 5.92 Å². The maximum absolute atomic E-state index is 2.58. The molecule has 1 aromatic heterocycles. The fourth-order valence-electron chi connectivity index (χ4n) is 4.63. The van der Waals surface area contributed by atoms with E-state index in [2.05, 4.69) is 41.9 Å². The van der Waals surface area contributed by atoms with Crippen LogP contribution in [0.15, 0.2) is 18.5 Å². The van der Waals surface area contributed by atoms with E-state index in [0.717, 1.165) is 5.92 Å². The van der Waals surface area contributed by atoms with Crippen LogP contribution < -0.4 is 28.5 Å². The van der Waals surface area contributed by atoms with Crippen molar-refractivity contribution < 1.29 is 28.5 Å². The second-order valence-corrected chi connectivity index (χ2v) is 7.80. The molecular formula is C21H35IN2.